The molecule has 0 aromatic heterocycles. The van der Waals surface area contributed by atoms with Gasteiger partial charge in [0.2, 0.25) is 0 Å². The molecular weight excluding hydrogens is 493 g/mol. The van der Waals surface area contributed by atoms with Crippen LogP contribution in [0.2, 0.25) is 10.0 Å². The van der Waals surface area contributed by atoms with E-state index in [1.54, 1.807) is 6.07 Å². The number of ether oxygens (including phenoxy) is 2. The molecule has 178 valence electrons. The highest BCUT2D eigenvalue weighted by Gasteiger charge is 2.16. The number of hydrogen-bond acceptors (Lipinski definition) is 6. The summed E-state index contributed by atoms with van der Waals surface area (Å²) in [6.45, 7) is 2.26. The molecule has 0 unspecified atom stereocenters. The monoisotopic (exact) mass is 511 g/mol. The molecule has 0 bridgehead atoms. The van der Waals surface area contributed by atoms with Crippen LogP contribution in [0, 0.1) is 28.4 Å². The zero-order valence-corrected chi connectivity index (χ0v) is 20.2. The molecule has 0 saturated heterocycles. The Hall–Kier alpha value is -4.06. The lowest BCUT2D eigenvalue weighted by molar-refractivity contribution is -0.384. The van der Waals surface area contributed by atoms with Gasteiger partial charge in [0.25, 0.3) is 11.6 Å². The number of hydrogen-bond donors (Lipinski definition) is 1. The second-order valence-corrected chi connectivity index (χ2v) is 8.17. The summed E-state index contributed by atoms with van der Waals surface area (Å²) in [6.07, 6.45) is 1.33. The van der Waals surface area contributed by atoms with E-state index >= 15 is 0 Å². The maximum Gasteiger partial charge on any atom is 0.271 e. The number of nitrogens with one attached hydrogen (secondary N) is 1. The maximum absolute atomic E-state index is 12.6. The number of anilines is 1. The van der Waals surface area contributed by atoms with Gasteiger partial charge < -0.3 is 14.8 Å². The van der Waals surface area contributed by atoms with Crippen molar-refractivity contribution in [3.63, 3.8) is 0 Å². The minimum atomic E-state index is -0.752. The molecule has 8 nitrogen and oxygen atoms in total. The fraction of sp³-hybridized carbons (Fsp3) is 0.120. The van der Waals surface area contributed by atoms with Crippen LogP contribution in [0.25, 0.3) is 6.08 Å². The molecule has 0 aliphatic rings. The zero-order valence-electron chi connectivity index (χ0n) is 18.7. The molecule has 0 aliphatic carbocycles. The third-order valence-electron chi connectivity index (χ3n) is 4.84. The fourth-order valence-corrected chi connectivity index (χ4v) is 3.52. The number of nitriles is 1. The van der Waals surface area contributed by atoms with Crippen molar-refractivity contribution in [2.45, 2.75) is 13.5 Å². The first-order chi connectivity index (χ1) is 16.7. The van der Waals surface area contributed by atoms with Gasteiger partial charge in [0.1, 0.15) is 18.2 Å². The topological polar surface area (TPSA) is 114 Å². The van der Waals surface area contributed by atoms with E-state index in [0.717, 1.165) is 17.2 Å². The average molecular weight is 512 g/mol. The molecule has 0 fully saturated rings. The standard InChI is InChI=1S/C25H19Cl2N3O5/c1-15-3-5-16(6-4-15)14-35-24-21(27)10-17(11-23(24)34-2)9-18(13-28)25(31)29-22-8-7-19(30(32)33)12-20(22)26/h3-12H,14H2,1-2H3,(H,29,31)/b18-9+. The van der Waals surface area contributed by atoms with Crippen LogP contribution in [0.1, 0.15) is 16.7 Å². The lowest BCUT2D eigenvalue weighted by Crippen LogP contribution is -2.13. The molecule has 10 heteroatoms. The molecule has 0 heterocycles. The Morgan fingerprint density at radius 1 is 1.14 bits per heavy atom. The number of nitrogens with zero attached hydrogens (tertiary/aromatic N) is 2. The van der Waals surface area contributed by atoms with Crippen molar-refractivity contribution >= 4 is 46.6 Å². The highest BCUT2D eigenvalue weighted by Crippen LogP contribution is 2.37. The summed E-state index contributed by atoms with van der Waals surface area (Å²) in [6, 6.07) is 16.4. The first-order valence-corrected chi connectivity index (χ1v) is 10.9. The molecule has 1 amide bonds. The smallest absolute Gasteiger partial charge is 0.271 e. The number of aryl methyl sites for hydroxylation is 1. The van der Waals surface area contributed by atoms with E-state index in [0.29, 0.717) is 17.1 Å². The Morgan fingerprint density at radius 3 is 2.46 bits per heavy atom. The second-order valence-electron chi connectivity index (χ2n) is 7.35. The van der Waals surface area contributed by atoms with Gasteiger partial charge in [-0.2, -0.15) is 5.26 Å². The molecule has 0 atom stereocenters. The third kappa shape index (κ3) is 6.51. The Balaban J connectivity index is 1.81. The summed E-state index contributed by atoms with van der Waals surface area (Å²) in [4.78, 5) is 22.9. The number of carbonyl (C=O) groups is 1. The number of nitro benzene ring substituents is 1. The van der Waals surface area contributed by atoms with E-state index in [-0.39, 0.29) is 33.6 Å². The highest BCUT2D eigenvalue weighted by molar-refractivity contribution is 6.34. The Labute approximate surface area is 211 Å². The van der Waals surface area contributed by atoms with Crippen LogP contribution >= 0.6 is 23.2 Å². The van der Waals surface area contributed by atoms with Gasteiger partial charge in [-0.3, -0.25) is 14.9 Å². The summed E-state index contributed by atoms with van der Waals surface area (Å²) in [7, 11) is 1.45. The van der Waals surface area contributed by atoms with Crippen molar-refractivity contribution in [3.8, 4) is 17.6 Å². The number of halogens is 2. The predicted octanol–water partition coefficient (Wildman–Crippen LogP) is 6.34. The summed E-state index contributed by atoms with van der Waals surface area (Å²) in [5.74, 6) is -0.0995. The van der Waals surface area contributed by atoms with Crippen LogP contribution in [-0.2, 0) is 11.4 Å². The highest BCUT2D eigenvalue weighted by atomic mass is 35.5. The van der Waals surface area contributed by atoms with Crippen LogP contribution in [0.15, 0.2) is 60.2 Å². The van der Waals surface area contributed by atoms with Crippen LogP contribution in [0.5, 0.6) is 11.5 Å². The molecule has 0 spiro atoms. The Bertz CT molecular complexity index is 1350. The Morgan fingerprint density at radius 2 is 1.86 bits per heavy atom. The van der Waals surface area contributed by atoms with Crippen LogP contribution in [0.3, 0.4) is 0 Å². The van der Waals surface area contributed by atoms with E-state index in [1.165, 1.54) is 31.4 Å². The molecule has 1 N–H and O–H groups in total. The van der Waals surface area contributed by atoms with Crippen molar-refractivity contribution in [3.05, 3.63) is 97.0 Å². The van der Waals surface area contributed by atoms with Gasteiger partial charge >= 0.3 is 0 Å². The van der Waals surface area contributed by atoms with Crippen molar-refractivity contribution < 1.29 is 19.2 Å². The van der Waals surface area contributed by atoms with Crippen molar-refractivity contribution in [1.82, 2.24) is 0 Å². The molecule has 0 saturated carbocycles. The molecule has 35 heavy (non-hydrogen) atoms. The number of rotatable bonds is 8. The number of non-ortho nitro benzene ring substituents is 1. The number of methoxy groups -OCH3 is 1. The summed E-state index contributed by atoms with van der Waals surface area (Å²) in [5, 5.41) is 23.0. The van der Waals surface area contributed by atoms with Gasteiger partial charge in [0.15, 0.2) is 11.5 Å². The number of amides is 1. The lowest BCUT2D eigenvalue weighted by atomic mass is 10.1. The van der Waals surface area contributed by atoms with Crippen molar-refractivity contribution in [1.29, 1.82) is 5.26 Å². The zero-order chi connectivity index (χ0) is 25.5. The number of nitro groups is 1. The largest absolute Gasteiger partial charge is 0.493 e. The molecular formula is C25H19Cl2N3O5. The van der Waals surface area contributed by atoms with E-state index in [1.807, 2.05) is 37.3 Å². The number of carbonyl (C=O) groups excluding carboxylic acids is 1. The SMILES string of the molecule is COc1cc(/C=C(\C#N)C(=O)Nc2ccc([N+](=O)[O-])cc2Cl)cc(Cl)c1OCc1ccc(C)cc1. The molecule has 3 rings (SSSR count). The van der Waals surface area contributed by atoms with E-state index in [4.69, 9.17) is 32.7 Å². The Kier molecular flexibility index (Phi) is 8.31. The summed E-state index contributed by atoms with van der Waals surface area (Å²) >= 11 is 12.4. The molecule has 0 aliphatic heterocycles. The van der Waals surface area contributed by atoms with E-state index in [2.05, 4.69) is 5.32 Å². The maximum atomic E-state index is 12.6. The first kappa shape index (κ1) is 25.6. The quantitative estimate of drug-likeness (QED) is 0.163. The minimum Gasteiger partial charge on any atom is -0.493 e. The third-order valence-corrected chi connectivity index (χ3v) is 5.44. The van der Waals surface area contributed by atoms with Gasteiger partial charge in [0, 0.05) is 12.1 Å². The van der Waals surface area contributed by atoms with Gasteiger partial charge in [-0.1, -0.05) is 53.0 Å². The number of benzene rings is 3. The lowest BCUT2D eigenvalue weighted by Gasteiger charge is -2.14. The molecule has 0 radical (unpaired) electrons. The van der Waals surface area contributed by atoms with E-state index < -0.39 is 10.8 Å². The van der Waals surface area contributed by atoms with Crippen molar-refractivity contribution in [2.75, 3.05) is 12.4 Å². The average Bonchev–Trinajstić information content (AvgIpc) is 2.83. The second kappa shape index (κ2) is 11.4. The van der Waals surface area contributed by atoms with Crippen molar-refractivity contribution in [2.24, 2.45) is 0 Å². The molecule has 3 aromatic carbocycles. The molecule has 3 aromatic rings. The fourth-order valence-electron chi connectivity index (χ4n) is 3.03. The van der Waals surface area contributed by atoms with E-state index in [9.17, 15) is 20.2 Å². The van der Waals surface area contributed by atoms with Gasteiger partial charge in [-0.15, -0.1) is 0 Å². The summed E-state index contributed by atoms with van der Waals surface area (Å²) in [5.41, 5.74) is 2.16. The van der Waals surface area contributed by atoms with Gasteiger partial charge in [-0.25, -0.2) is 0 Å². The van der Waals surface area contributed by atoms with Gasteiger partial charge in [-0.05, 0) is 42.3 Å². The van der Waals surface area contributed by atoms with Crippen LogP contribution < -0.4 is 14.8 Å². The summed E-state index contributed by atoms with van der Waals surface area (Å²) < 4.78 is 11.2. The normalized spacial score (nSPS) is 10.9. The predicted molar refractivity (Wildman–Crippen MR) is 134 cm³/mol. The minimum absolute atomic E-state index is 0.0374. The first-order valence-electron chi connectivity index (χ1n) is 10.1. The van der Waals surface area contributed by atoms with Crippen LogP contribution in [-0.4, -0.2) is 17.9 Å². The van der Waals surface area contributed by atoms with Gasteiger partial charge in [0.05, 0.1) is 27.8 Å². The van der Waals surface area contributed by atoms with Crippen LogP contribution in [0.4, 0.5) is 11.4 Å².